The summed E-state index contributed by atoms with van der Waals surface area (Å²) in [7, 11) is 0. The van der Waals surface area contributed by atoms with Gasteiger partial charge in [0.15, 0.2) is 0 Å². The number of aliphatic hydroxyl groups excluding tert-OH is 1. The quantitative estimate of drug-likeness (QED) is 0.550. The van der Waals surface area contributed by atoms with Crippen LogP contribution in [0.2, 0.25) is 0 Å². The number of rotatable bonds is 6. The van der Waals surface area contributed by atoms with Crippen LogP contribution in [0.25, 0.3) is 0 Å². The molecule has 3 N–H and O–H groups in total. The van der Waals surface area contributed by atoms with Gasteiger partial charge in [-0.15, -0.1) is 6.42 Å². The van der Waals surface area contributed by atoms with Crippen molar-refractivity contribution in [3.05, 3.63) is 35.9 Å². The minimum absolute atomic E-state index is 0.169. The monoisotopic (exact) mass is 320 g/mol. The third-order valence-electron chi connectivity index (χ3n) is 2.96. The summed E-state index contributed by atoms with van der Waals surface area (Å²) in [5.41, 5.74) is 0.183. The normalized spacial score (nSPS) is 14.0. The zero-order valence-electron chi connectivity index (χ0n) is 13.7. The maximum Gasteiger partial charge on any atom is 0.408 e. The zero-order chi connectivity index (χ0) is 17.5. The Labute approximate surface area is 137 Å². The van der Waals surface area contributed by atoms with Crippen LogP contribution in [-0.2, 0) is 11.3 Å². The van der Waals surface area contributed by atoms with Gasteiger partial charge in [0.05, 0.1) is 19.2 Å². The Morgan fingerprint density at radius 3 is 2.48 bits per heavy atom. The first kappa shape index (κ1) is 19.0. The number of hydroxylamine groups is 2. The van der Waals surface area contributed by atoms with Crippen molar-refractivity contribution < 1.29 is 19.8 Å². The maximum absolute atomic E-state index is 11.8. The molecule has 0 heterocycles. The highest BCUT2D eigenvalue weighted by atomic mass is 16.6. The van der Waals surface area contributed by atoms with Gasteiger partial charge in [-0.1, -0.05) is 36.3 Å². The van der Waals surface area contributed by atoms with Crippen LogP contribution in [0.15, 0.2) is 30.3 Å². The third-order valence-corrected chi connectivity index (χ3v) is 2.96. The predicted octanol–water partition coefficient (Wildman–Crippen LogP) is 1.77. The highest BCUT2D eigenvalue weighted by molar-refractivity contribution is 5.68. The molecule has 6 nitrogen and oxygen atoms in total. The molecule has 0 aliphatic rings. The SMILES string of the molecule is C#C[C@H]([C@H](CO)NC(=O)OC(C)(C)C)N(O)Cc1ccccc1. The minimum atomic E-state index is -0.896. The van der Waals surface area contributed by atoms with Gasteiger partial charge in [0.2, 0.25) is 0 Å². The van der Waals surface area contributed by atoms with E-state index in [-0.39, 0.29) is 6.54 Å². The molecular weight excluding hydrogens is 296 g/mol. The highest BCUT2D eigenvalue weighted by Gasteiger charge is 2.28. The number of carbonyl (C=O) groups is 1. The van der Waals surface area contributed by atoms with Crippen LogP contribution in [0.5, 0.6) is 0 Å². The lowest BCUT2D eigenvalue weighted by atomic mass is 10.1. The number of amides is 1. The van der Waals surface area contributed by atoms with E-state index in [1.807, 2.05) is 30.3 Å². The number of hydrogen-bond acceptors (Lipinski definition) is 5. The number of terminal acetylenes is 1. The van der Waals surface area contributed by atoms with E-state index in [1.54, 1.807) is 20.8 Å². The average Bonchev–Trinajstić information content (AvgIpc) is 2.46. The van der Waals surface area contributed by atoms with E-state index in [1.165, 1.54) is 0 Å². The van der Waals surface area contributed by atoms with Crippen molar-refractivity contribution in [2.75, 3.05) is 6.61 Å². The van der Waals surface area contributed by atoms with E-state index in [0.29, 0.717) is 0 Å². The molecule has 6 heteroatoms. The van der Waals surface area contributed by atoms with Crippen molar-refractivity contribution in [3.63, 3.8) is 0 Å². The standard InChI is InChI=1S/C17H24N2O4/c1-5-15(19(22)11-13-9-7-6-8-10-13)14(12-20)18-16(21)23-17(2,3)4/h1,6-10,14-15,20,22H,11-12H2,2-4H3,(H,18,21)/t14-,15+/m0/s1. The second kappa shape index (κ2) is 8.53. The summed E-state index contributed by atoms with van der Waals surface area (Å²) < 4.78 is 5.13. The number of alkyl carbamates (subject to hydrolysis) is 1. The van der Waals surface area contributed by atoms with Crippen LogP contribution in [0.1, 0.15) is 26.3 Å². The Kier molecular flexibility index (Phi) is 7.04. The molecule has 0 radical (unpaired) electrons. The molecule has 0 bridgehead atoms. The van der Waals surface area contributed by atoms with Crippen LogP contribution in [0.4, 0.5) is 4.79 Å². The molecular formula is C17H24N2O4. The van der Waals surface area contributed by atoms with Crippen molar-refractivity contribution in [1.29, 1.82) is 0 Å². The molecule has 126 valence electrons. The van der Waals surface area contributed by atoms with E-state index in [4.69, 9.17) is 11.2 Å². The highest BCUT2D eigenvalue weighted by Crippen LogP contribution is 2.11. The molecule has 23 heavy (non-hydrogen) atoms. The number of nitrogens with zero attached hydrogens (tertiary/aromatic N) is 1. The summed E-state index contributed by atoms with van der Waals surface area (Å²) >= 11 is 0. The fourth-order valence-electron chi connectivity index (χ4n) is 1.96. The number of aliphatic hydroxyl groups is 1. The van der Waals surface area contributed by atoms with Gasteiger partial charge in [-0.25, -0.2) is 4.79 Å². The van der Waals surface area contributed by atoms with Crippen LogP contribution < -0.4 is 5.32 Å². The van der Waals surface area contributed by atoms with Gasteiger partial charge < -0.3 is 20.4 Å². The van der Waals surface area contributed by atoms with Gasteiger partial charge in [-0.3, -0.25) is 0 Å². The molecule has 2 atom stereocenters. The van der Waals surface area contributed by atoms with Crippen LogP contribution in [-0.4, -0.2) is 45.8 Å². The molecule has 1 amide bonds. The molecule has 0 aromatic heterocycles. The molecule has 0 fully saturated rings. The second-order valence-electron chi connectivity index (χ2n) is 6.13. The summed E-state index contributed by atoms with van der Waals surface area (Å²) in [5.74, 6) is 2.39. The first-order chi connectivity index (χ1) is 10.8. The van der Waals surface area contributed by atoms with Crippen molar-refractivity contribution in [3.8, 4) is 12.3 Å². The van der Waals surface area contributed by atoms with Crippen molar-refractivity contribution in [2.45, 2.75) is 45.0 Å². The first-order valence-electron chi connectivity index (χ1n) is 7.32. The lowest BCUT2D eigenvalue weighted by molar-refractivity contribution is -0.129. The van der Waals surface area contributed by atoms with Crippen LogP contribution in [0, 0.1) is 12.3 Å². The lowest BCUT2D eigenvalue weighted by Gasteiger charge is -2.29. The summed E-state index contributed by atoms with van der Waals surface area (Å²) in [6, 6.07) is 7.48. The molecule has 0 saturated carbocycles. The average molecular weight is 320 g/mol. The van der Waals surface area contributed by atoms with Gasteiger partial charge >= 0.3 is 6.09 Å². The lowest BCUT2D eigenvalue weighted by Crippen LogP contribution is -2.52. The van der Waals surface area contributed by atoms with Crippen molar-refractivity contribution in [2.24, 2.45) is 0 Å². The number of carbonyl (C=O) groups excluding carboxylic acids is 1. The third kappa shape index (κ3) is 6.70. The topological polar surface area (TPSA) is 82.0 Å². The van der Waals surface area contributed by atoms with Gasteiger partial charge in [-0.05, 0) is 26.3 Å². The fourth-order valence-corrected chi connectivity index (χ4v) is 1.96. The first-order valence-corrected chi connectivity index (χ1v) is 7.32. The van der Waals surface area contributed by atoms with Crippen molar-refractivity contribution >= 4 is 6.09 Å². The van der Waals surface area contributed by atoms with E-state index >= 15 is 0 Å². The maximum atomic E-state index is 11.8. The van der Waals surface area contributed by atoms with Gasteiger partial charge in [0.1, 0.15) is 11.6 Å². The summed E-state index contributed by atoms with van der Waals surface area (Å²) in [5, 5.41) is 23.1. The van der Waals surface area contributed by atoms with Crippen LogP contribution in [0.3, 0.4) is 0 Å². The number of nitrogens with one attached hydrogen (secondary N) is 1. The van der Waals surface area contributed by atoms with Gasteiger partial charge in [0.25, 0.3) is 0 Å². The van der Waals surface area contributed by atoms with E-state index in [0.717, 1.165) is 10.6 Å². The molecule has 1 aromatic carbocycles. The number of ether oxygens (including phenoxy) is 1. The Morgan fingerprint density at radius 1 is 1.39 bits per heavy atom. The Morgan fingerprint density at radius 2 is 2.00 bits per heavy atom. The van der Waals surface area contributed by atoms with Crippen molar-refractivity contribution in [1.82, 2.24) is 10.4 Å². The number of benzene rings is 1. The summed E-state index contributed by atoms with van der Waals surface area (Å²) in [6.45, 7) is 4.93. The molecule has 0 unspecified atom stereocenters. The van der Waals surface area contributed by atoms with Crippen LogP contribution >= 0.6 is 0 Å². The number of hydrogen-bond donors (Lipinski definition) is 3. The van der Waals surface area contributed by atoms with Gasteiger partial charge in [-0.2, -0.15) is 5.06 Å². The molecule has 1 aromatic rings. The summed E-state index contributed by atoms with van der Waals surface area (Å²) in [4.78, 5) is 11.8. The fraction of sp³-hybridized carbons (Fsp3) is 0.471. The van der Waals surface area contributed by atoms with E-state index < -0.39 is 30.4 Å². The summed E-state index contributed by atoms with van der Waals surface area (Å²) in [6.07, 6.45) is 4.75. The molecule has 1 rings (SSSR count). The Hall–Kier alpha value is -2.07. The van der Waals surface area contributed by atoms with E-state index in [9.17, 15) is 15.1 Å². The molecule has 0 saturated heterocycles. The van der Waals surface area contributed by atoms with E-state index in [2.05, 4.69) is 11.2 Å². The Balaban J connectivity index is 2.72. The second-order valence-corrected chi connectivity index (χ2v) is 6.13. The Bertz CT molecular complexity index is 534. The largest absolute Gasteiger partial charge is 0.444 e. The molecule has 0 aliphatic carbocycles. The smallest absolute Gasteiger partial charge is 0.408 e. The molecule has 0 spiro atoms. The minimum Gasteiger partial charge on any atom is -0.444 e. The predicted molar refractivity (Wildman–Crippen MR) is 86.6 cm³/mol. The van der Waals surface area contributed by atoms with Gasteiger partial charge in [0, 0.05) is 0 Å². The zero-order valence-corrected chi connectivity index (χ0v) is 13.7. The molecule has 0 aliphatic heterocycles.